The van der Waals surface area contributed by atoms with Crippen molar-refractivity contribution in [3.05, 3.63) is 35.7 Å². The van der Waals surface area contributed by atoms with E-state index < -0.39 is 0 Å². The summed E-state index contributed by atoms with van der Waals surface area (Å²) in [5, 5.41) is 10.1. The molecular weight excluding hydrogens is 272 g/mol. The first-order chi connectivity index (χ1) is 9.74. The molecule has 0 unspecified atom stereocenters. The molecule has 0 aliphatic rings. The zero-order valence-corrected chi connectivity index (χ0v) is 12.5. The highest BCUT2D eigenvalue weighted by Crippen LogP contribution is 2.23. The molecule has 0 spiro atoms. The van der Waals surface area contributed by atoms with Crippen molar-refractivity contribution in [3.8, 4) is 0 Å². The molecule has 0 saturated heterocycles. The van der Waals surface area contributed by atoms with Crippen LogP contribution in [0.2, 0.25) is 0 Å². The molecule has 0 saturated carbocycles. The lowest BCUT2D eigenvalue weighted by Crippen LogP contribution is -2.16. The van der Waals surface area contributed by atoms with Gasteiger partial charge in [-0.2, -0.15) is 5.10 Å². The number of aryl methyl sites for hydroxylation is 2. The number of H-pyrrole nitrogens is 1. The third-order valence-electron chi connectivity index (χ3n) is 3.00. The third kappa shape index (κ3) is 3.60. The summed E-state index contributed by atoms with van der Waals surface area (Å²) >= 11 is 1.34. The molecule has 0 atom stereocenters. The summed E-state index contributed by atoms with van der Waals surface area (Å²) in [6.45, 7) is 4.18. The van der Waals surface area contributed by atoms with Crippen LogP contribution < -0.4 is 5.32 Å². The van der Waals surface area contributed by atoms with Gasteiger partial charge >= 0.3 is 0 Å². The molecule has 6 heteroatoms. The topological polar surface area (TPSA) is 70.7 Å². The van der Waals surface area contributed by atoms with E-state index in [1.165, 1.54) is 29.2 Å². The summed E-state index contributed by atoms with van der Waals surface area (Å²) in [4.78, 5) is 16.0. The normalized spacial score (nSPS) is 10.5. The Bertz CT molecular complexity index is 546. The highest BCUT2D eigenvalue weighted by Gasteiger charge is 2.10. The maximum Gasteiger partial charge on any atom is 0.234 e. The average molecular weight is 290 g/mol. The number of carbonyl (C=O) groups is 1. The number of carbonyl (C=O) groups excluding carboxylic acids is 1. The number of aromatic amines is 1. The molecule has 1 heterocycles. The van der Waals surface area contributed by atoms with Crippen LogP contribution in [-0.4, -0.2) is 26.8 Å². The SMILES string of the molecule is CCc1cccc(CC)c1NC(=O)CSc1ncn[nH]1. The summed E-state index contributed by atoms with van der Waals surface area (Å²) in [6, 6.07) is 6.15. The maximum atomic E-state index is 12.0. The van der Waals surface area contributed by atoms with Gasteiger partial charge in [0.05, 0.1) is 5.75 Å². The number of hydrogen-bond donors (Lipinski definition) is 2. The molecule has 20 heavy (non-hydrogen) atoms. The number of amides is 1. The monoisotopic (exact) mass is 290 g/mol. The van der Waals surface area contributed by atoms with Crippen LogP contribution in [0.3, 0.4) is 0 Å². The van der Waals surface area contributed by atoms with Crippen molar-refractivity contribution < 1.29 is 4.79 Å². The number of anilines is 1. The number of nitrogens with zero attached hydrogens (tertiary/aromatic N) is 2. The summed E-state index contributed by atoms with van der Waals surface area (Å²) in [5.41, 5.74) is 3.30. The molecule has 5 nitrogen and oxygen atoms in total. The van der Waals surface area contributed by atoms with Gasteiger partial charge in [0.25, 0.3) is 0 Å². The van der Waals surface area contributed by atoms with Crippen LogP contribution >= 0.6 is 11.8 Å². The number of hydrogen-bond acceptors (Lipinski definition) is 4. The van der Waals surface area contributed by atoms with Crippen molar-refractivity contribution in [2.24, 2.45) is 0 Å². The van der Waals surface area contributed by atoms with Gasteiger partial charge in [-0.05, 0) is 24.0 Å². The summed E-state index contributed by atoms with van der Waals surface area (Å²) in [6.07, 6.45) is 3.24. The second kappa shape index (κ2) is 7.09. The van der Waals surface area contributed by atoms with Crippen molar-refractivity contribution in [1.29, 1.82) is 0 Å². The molecule has 1 aromatic carbocycles. The molecule has 0 aliphatic carbocycles. The summed E-state index contributed by atoms with van der Waals surface area (Å²) in [7, 11) is 0. The largest absolute Gasteiger partial charge is 0.325 e. The molecule has 2 rings (SSSR count). The predicted molar refractivity (Wildman–Crippen MR) is 80.9 cm³/mol. The molecule has 2 N–H and O–H groups in total. The van der Waals surface area contributed by atoms with Crippen LogP contribution in [0.4, 0.5) is 5.69 Å². The van der Waals surface area contributed by atoms with E-state index in [9.17, 15) is 4.79 Å². The van der Waals surface area contributed by atoms with Gasteiger partial charge in [-0.3, -0.25) is 9.89 Å². The minimum Gasteiger partial charge on any atom is -0.325 e. The van der Waals surface area contributed by atoms with Gasteiger partial charge in [0.15, 0.2) is 5.16 Å². The first-order valence-electron chi connectivity index (χ1n) is 6.63. The van der Waals surface area contributed by atoms with E-state index in [1.54, 1.807) is 0 Å². The zero-order chi connectivity index (χ0) is 14.4. The lowest BCUT2D eigenvalue weighted by atomic mass is 10.0. The fraction of sp³-hybridized carbons (Fsp3) is 0.357. The number of thioether (sulfide) groups is 1. The highest BCUT2D eigenvalue weighted by atomic mass is 32.2. The maximum absolute atomic E-state index is 12.0. The van der Waals surface area contributed by atoms with E-state index in [4.69, 9.17) is 0 Å². The van der Waals surface area contributed by atoms with Gasteiger partial charge in [0.1, 0.15) is 6.33 Å². The molecule has 2 aromatic rings. The smallest absolute Gasteiger partial charge is 0.234 e. The first kappa shape index (κ1) is 14.6. The van der Waals surface area contributed by atoms with Crippen LogP contribution in [0.1, 0.15) is 25.0 Å². The Hall–Kier alpha value is -1.82. The number of benzene rings is 1. The van der Waals surface area contributed by atoms with E-state index in [2.05, 4.69) is 46.5 Å². The van der Waals surface area contributed by atoms with E-state index in [0.717, 1.165) is 18.5 Å². The Balaban J connectivity index is 2.03. The molecule has 1 aromatic heterocycles. The Morgan fingerprint density at radius 2 is 2.00 bits per heavy atom. The molecule has 0 radical (unpaired) electrons. The first-order valence-corrected chi connectivity index (χ1v) is 7.62. The van der Waals surface area contributed by atoms with Gasteiger partial charge in [-0.25, -0.2) is 4.98 Å². The van der Waals surface area contributed by atoms with Gasteiger partial charge in [-0.1, -0.05) is 43.8 Å². The van der Waals surface area contributed by atoms with Gasteiger partial charge < -0.3 is 5.32 Å². The van der Waals surface area contributed by atoms with Crippen LogP contribution in [-0.2, 0) is 17.6 Å². The lowest BCUT2D eigenvalue weighted by molar-refractivity contribution is -0.113. The standard InChI is InChI=1S/C14H18N4OS/c1-3-10-6-5-7-11(4-2)13(10)17-12(19)8-20-14-15-9-16-18-14/h5-7,9H,3-4,8H2,1-2H3,(H,17,19)(H,15,16,18). The van der Waals surface area contributed by atoms with E-state index in [0.29, 0.717) is 10.9 Å². The van der Waals surface area contributed by atoms with Crippen LogP contribution in [0.25, 0.3) is 0 Å². The number of aromatic nitrogens is 3. The van der Waals surface area contributed by atoms with Crippen molar-refractivity contribution in [3.63, 3.8) is 0 Å². The second-order valence-corrected chi connectivity index (χ2v) is 5.25. The Morgan fingerprint density at radius 1 is 1.30 bits per heavy atom. The van der Waals surface area contributed by atoms with E-state index >= 15 is 0 Å². The van der Waals surface area contributed by atoms with Crippen LogP contribution in [0.5, 0.6) is 0 Å². The summed E-state index contributed by atoms with van der Waals surface area (Å²) < 4.78 is 0. The highest BCUT2D eigenvalue weighted by molar-refractivity contribution is 7.99. The van der Waals surface area contributed by atoms with Gasteiger partial charge in [0, 0.05) is 5.69 Å². The molecule has 0 fully saturated rings. The third-order valence-corrected chi connectivity index (χ3v) is 3.87. The molecule has 1 amide bonds. The number of rotatable bonds is 6. The van der Waals surface area contributed by atoms with Crippen LogP contribution in [0.15, 0.2) is 29.7 Å². The second-order valence-electron chi connectivity index (χ2n) is 4.29. The van der Waals surface area contributed by atoms with Crippen LogP contribution in [0, 0.1) is 0 Å². The van der Waals surface area contributed by atoms with Crippen molar-refractivity contribution in [1.82, 2.24) is 15.2 Å². The molecule has 106 valence electrons. The minimum absolute atomic E-state index is 0.0259. The van der Waals surface area contributed by atoms with E-state index in [1.807, 2.05) is 6.07 Å². The summed E-state index contributed by atoms with van der Waals surface area (Å²) in [5.74, 6) is 0.290. The van der Waals surface area contributed by atoms with E-state index in [-0.39, 0.29) is 5.91 Å². The fourth-order valence-electron chi connectivity index (χ4n) is 1.98. The molecule has 0 bridgehead atoms. The van der Waals surface area contributed by atoms with Gasteiger partial charge in [-0.15, -0.1) is 0 Å². The lowest BCUT2D eigenvalue weighted by Gasteiger charge is -2.14. The van der Waals surface area contributed by atoms with Crippen molar-refractivity contribution >= 4 is 23.4 Å². The quantitative estimate of drug-likeness (QED) is 0.802. The number of para-hydroxylation sites is 1. The minimum atomic E-state index is -0.0259. The molecule has 0 aliphatic heterocycles. The molecular formula is C14H18N4OS. The Labute approximate surface area is 122 Å². The Kier molecular flexibility index (Phi) is 5.17. The fourth-order valence-corrected chi connectivity index (χ4v) is 2.56. The Morgan fingerprint density at radius 3 is 2.55 bits per heavy atom. The van der Waals surface area contributed by atoms with Gasteiger partial charge in [0.2, 0.25) is 5.91 Å². The zero-order valence-electron chi connectivity index (χ0n) is 11.6. The predicted octanol–water partition coefficient (Wildman–Crippen LogP) is 2.66. The number of nitrogens with one attached hydrogen (secondary N) is 2. The average Bonchev–Trinajstić information content (AvgIpc) is 2.98. The van der Waals surface area contributed by atoms with Crippen molar-refractivity contribution in [2.45, 2.75) is 31.8 Å². The van der Waals surface area contributed by atoms with Crippen molar-refractivity contribution in [2.75, 3.05) is 11.1 Å².